The molecule has 0 saturated carbocycles. The first kappa shape index (κ1) is 14.3. The fraction of sp³-hybridized carbons (Fsp3) is 0.455. The van der Waals surface area contributed by atoms with Gasteiger partial charge in [0.1, 0.15) is 0 Å². The molecule has 2 rings (SSSR count). The first-order chi connectivity index (χ1) is 6.36. The van der Waals surface area contributed by atoms with E-state index in [2.05, 4.69) is 41.4 Å². The van der Waals surface area contributed by atoms with E-state index in [0.717, 1.165) is 26.2 Å². The van der Waals surface area contributed by atoms with Crippen molar-refractivity contribution in [3.63, 3.8) is 0 Å². The van der Waals surface area contributed by atoms with Crippen LogP contribution in [0.25, 0.3) is 0 Å². The summed E-state index contributed by atoms with van der Waals surface area (Å²) in [5, 5.41) is 3.35. The predicted octanol–water partition coefficient (Wildman–Crippen LogP) is 0.693. The number of piperazine rings is 1. The summed E-state index contributed by atoms with van der Waals surface area (Å²) >= 11 is 0. The summed E-state index contributed by atoms with van der Waals surface area (Å²) in [6, 6.07) is 8.77. The van der Waals surface area contributed by atoms with Crippen LogP contribution in [0.5, 0.6) is 0 Å². The number of hydrogen-bond acceptors (Lipinski definition) is 2. The Labute approximate surface area is 98.2 Å². The van der Waals surface area contributed by atoms with E-state index in [4.69, 9.17) is 0 Å². The van der Waals surface area contributed by atoms with Crippen LogP contribution in [0.3, 0.4) is 0 Å². The normalized spacial score (nSPS) is 15.1. The van der Waals surface area contributed by atoms with Crippen molar-refractivity contribution in [2.45, 2.75) is 6.92 Å². The van der Waals surface area contributed by atoms with Gasteiger partial charge in [0.25, 0.3) is 0 Å². The molecule has 4 heteroatoms. The Hall–Kier alpha value is -0.710. The van der Waals surface area contributed by atoms with E-state index in [9.17, 15) is 0 Å². The summed E-state index contributed by atoms with van der Waals surface area (Å²) in [5.74, 6) is 0. The number of anilines is 1. The lowest BCUT2D eigenvalue weighted by molar-refractivity contribution is 0.589. The highest BCUT2D eigenvalue weighted by Gasteiger charge is 2.08. The zero-order valence-corrected chi connectivity index (χ0v) is 10.1. The molecule has 0 atom stereocenters. The molecule has 1 aliphatic rings. The minimum Gasteiger partial charge on any atom is -0.412 e. The number of aryl methyl sites for hydroxylation is 1. The Morgan fingerprint density at radius 2 is 1.60 bits per heavy atom. The molecule has 1 saturated heterocycles. The maximum atomic E-state index is 3.35. The van der Waals surface area contributed by atoms with Crippen LogP contribution >= 0.6 is 13.5 Å². The molecule has 0 aromatic heterocycles. The van der Waals surface area contributed by atoms with Crippen LogP contribution in [0.2, 0.25) is 0 Å². The smallest absolute Gasteiger partial charge is 0.0367 e. The molecule has 86 valence electrons. The lowest BCUT2D eigenvalue weighted by atomic mass is 10.2. The van der Waals surface area contributed by atoms with Crippen LogP contribution in [0.1, 0.15) is 5.56 Å². The van der Waals surface area contributed by atoms with Gasteiger partial charge in [-0.15, -0.1) is 0 Å². The molecule has 1 aromatic rings. The van der Waals surface area contributed by atoms with E-state index in [1.807, 2.05) is 0 Å². The monoisotopic (exact) mass is 228 g/mol. The lowest BCUT2D eigenvalue weighted by Crippen LogP contribution is -2.43. The van der Waals surface area contributed by atoms with Gasteiger partial charge in [-0.1, -0.05) is 17.7 Å². The third-order valence-electron chi connectivity index (χ3n) is 2.52. The van der Waals surface area contributed by atoms with Crippen LogP contribution in [-0.2, 0) is 0 Å². The van der Waals surface area contributed by atoms with Gasteiger partial charge in [-0.2, -0.15) is 13.5 Å². The second-order valence-electron chi connectivity index (χ2n) is 3.57. The van der Waals surface area contributed by atoms with Crippen molar-refractivity contribution in [1.29, 1.82) is 0 Å². The molecule has 0 spiro atoms. The van der Waals surface area contributed by atoms with Crippen molar-refractivity contribution in [3.05, 3.63) is 29.8 Å². The van der Waals surface area contributed by atoms with E-state index in [0.29, 0.717) is 0 Å². The summed E-state index contributed by atoms with van der Waals surface area (Å²) < 4.78 is 0. The van der Waals surface area contributed by atoms with Crippen LogP contribution in [0, 0.1) is 6.92 Å². The highest BCUT2D eigenvalue weighted by molar-refractivity contribution is 7.59. The highest BCUT2D eigenvalue weighted by Crippen LogP contribution is 2.14. The van der Waals surface area contributed by atoms with E-state index in [1.165, 1.54) is 11.3 Å². The minimum atomic E-state index is 0. The summed E-state index contributed by atoms with van der Waals surface area (Å²) in [5.41, 5.74) is 2.69. The van der Waals surface area contributed by atoms with Crippen molar-refractivity contribution in [3.8, 4) is 0 Å². The third kappa shape index (κ3) is 3.74. The Bertz CT molecular complexity index is 270. The molecule has 3 nitrogen and oxygen atoms in total. The molecule has 3 N–H and O–H groups in total. The van der Waals surface area contributed by atoms with E-state index < -0.39 is 0 Å². The SMILES string of the molecule is Cc1ccc(N2CCNCC2)cc1.O.S. The van der Waals surface area contributed by atoms with Crippen molar-refractivity contribution < 1.29 is 5.48 Å². The molecule has 0 bridgehead atoms. The average molecular weight is 228 g/mol. The first-order valence-electron chi connectivity index (χ1n) is 4.88. The standard InChI is InChI=1S/C11H16N2.H2O.H2S/c1-10-2-4-11(5-3-10)13-8-6-12-7-9-13;;/h2-5,12H,6-9H2,1H3;2*1H2. The number of hydrogen-bond donors (Lipinski definition) is 1. The molecule has 0 unspecified atom stereocenters. The van der Waals surface area contributed by atoms with Gasteiger partial charge in [0.2, 0.25) is 0 Å². The summed E-state index contributed by atoms with van der Waals surface area (Å²) in [7, 11) is 0. The van der Waals surface area contributed by atoms with Crippen molar-refractivity contribution in [1.82, 2.24) is 5.32 Å². The van der Waals surface area contributed by atoms with Crippen LogP contribution in [0.15, 0.2) is 24.3 Å². The average Bonchev–Trinajstić information content (AvgIpc) is 2.20. The van der Waals surface area contributed by atoms with Gasteiger partial charge >= 0.3 is 0 Å². The molecular weight excluding hydrogens is 208 g/mol. The van der Waals surface area contributed by atoms with Gasteiger partial charge in [-0.05, 0) is 19.1 Å². The second-order valence-corrected chi connectivity index (χ2v) is 3.57. The molecule has 15 heavy (non-hydrogen) atoms. The number of nitrogens with one attached hydrogen (secondary N) is 1. The largest absolute Gasteiger partial charge is 0.412 e. The number of rotatable bonds is 1. The minimum absolute atomic E-state index is 0. The lowest BCUT2D eigenvalue weighted by Gasteiger charge is -2.29. The van der Waals surface area contributed by atoms with E-state index in [-0.39, 0.29) is 19.0 Å². The van der Waals surface area contributed by atoms with Gasteiger partial charge in [0, 0.05) is 31.9 Å². The Morgan fingerprint density at radius 1 is 1.07 bits per heavy atom. The Morgan fingerprint density at radius 3 is 2.13 bits per heavy atom. The molecular formula is C11H20N2OS. The Kier molecular flexibility index (Phi) is 6.40. The zero-order valence-electron chi connectivity index (χ0n) is 9.09. The van der Waals surface area contributed by atoms with Crippen molar-refractivity contribution in [2.75, 3.05) is 31.1 Å². The molecule has 1 heterocycles. The van der Waals surface area contributed by atoms with Crippen LogP contribution < -0.4 is 10.2 Å². The molecule has 0 amide bonds. The fourth-order valence-corrected chi connectivity index (χ4v) is 1.68. The number of benzene rings is 1. The van der Waals surface area contributed by atoms with Crippen molar-refractivity contribution in [2.24, 2.45) is 0 Å². The van der Waals surface area contributed by atoms with Crippen molar-refractivity contribution >= 4 is 19.2 Å². The molecule has 0 aliphatic carbocycles. The van der Waals surface area contributed by atoms with Gasteiger partial charge < -0.3 is 15.7 Å². The highest BCUT2D eigenvalue weighted by atomic mass is 32.1. The summed E-state index contributed by atoms with van der Waals surface area (Å²) in [6.07, 6.45) is 0. The zero-order chi connectivity index (χ0) is 9.10. The Balaban J connectivity index is 0.000000980. The first-order valence-corrected chi connectivity index (χ1v) is 4.88. The number of nitrogens with zero attached hydrogens (tertiary/aromatic N) is 1. The van der Waals surface area contributed by atoms with Gasteiger partial charge in [-0.25, -0.2) is 0 Å². The van der Waals surface area contributed by atoms with E-state index in [1.54, 1.807) is 0 Å². The van der Waals surface area contributed by atoms with Crippen LogP contribution in [0.4, 0.5) is 5.69 Å². The van der Waals surface area contributed by atoms with Gasteiger partial charge in [0.05, 0.1) is 0 Å². The molecule has 1 fully saturated rings. The molecule has 1 aliphatic heterocycles. The summed E-state index contributed by atoms with van der Waals surface area (Å²) in [4.78, 5) is 2.43. The topological polar surface area (TPSA) is 46.8 Å². The molecule has 0 radical (unpaired) electrons. The maximum absolute atomic E-state index is 3.35. The summed E-state index contributed by atoms with van der Waals surface area (Å²) in [6.45, 7) is 6.59. The van der Waals surface area contributed by atoms with Crippen LogP contribution in [-0.4, -0.2) is 31.7 Å². The fourth-order valence-electron chi connectivity index (χ4n) is 1.68. The van der Waals surface area contributed by atoms with Gasteiger partial charge in [-0.3, -0.25) is 0 Å². The quantitative estimate of drug-likeness (QED) is 0.769. The van der Waals surface area contributed by atoms with E-state index >= 15 is 0 Å². The third-order valence-corrected chi connectivity index (χ3v) is 2.52. The molecule has 1 aromatic carbocycles. The van der Waals surface area contributed by atoms with Gasteiger partial charge in [0.15, 0.2) is 0 Å². The predicted molar refractivity (Wildman–Crippen MR) is 70.3 cm³/mol. The maximum Gasteiger partial charge on any atom is 0.0367 e. The second kappa shape index (κ2) is 6.71.